The Morgan fingerprint density at radius 1 is 0.889 bits per heavy atom. The lowest BCUT2D eigenvalue weighted by Crippen LogP contribution is -1.88. The molecule has 0 saturated heterocycles. The zero-order valence-corrected chi connectivity index (χ0v) is 14.5. The Morgan fingerprint density at radius 2 is 1.70 bits per heavy atom. The van der Waals surface area contributed by atoms with Crippen molar-refractivity contribution in [1.82, 2.24) is 25.1 Å². The van der Waals surface area contributed by atoms with Crippen LogP contribution < -0.4 is 0 Å². The summed E-state index contributed by atoms with van der Waals surface area (Å²) >= 11 is 0. The molecule has 6 heteroatoms. The van der Waals surface area contributed by atoms with Crippen LogP contribution in [0.3, 0.4) is 0 Å². The van der Waals surface area contributed by atoms with Gasteiger partial charge in [-0.25, -0.2) is 4.98 Å². The van der Waals surface area contributed by atoms with Gasteiger partial charge in [0.15, 0.2) is 0 Å². The molecule has 130 valence electrons. The molecule has 5 rings (SSSR count). The van der Waals surface area contributed by atoms with Gasteiger partial charge >= 0.3 is 0 Å². The maximum Gasteiger partial charge on any atom is 0.248 e. The second kappa shape index (κ2) is 6.17. The summed E-state index contributed by atoms with van der Waals surface area (Å²) in [6.07, 6.45) is 5.46. The third-order valence-corrected chi connectivity index (χ3v) is 4.41. The van der Waals surface area contributed by atoms with Gasteiger partial charge in [0.2, 0.25) is 11.8 Å². The molecule has 0 atom stereocenters. The van der Waals surface area contributed by atoms with Crippen molar-refractivity contribution in [3.8, 4) is 34.2 Å². The third-order valence-electron chi connectivity index (χ3n) is 4.41. The van der Waals surface area contributed by atoms with Crippen LogP contribution in [0.1, 0.15) is 5.69 Å². The molecule has 0 amide bonds. The van der Waals surface area contributed by atoms with Gasteiger partial charge in [-0.15, -0.1) is 10.2 Å². The summed E-state index contributed by atoms with van der Waals surface area (Å²) in [6.45, 7) is 1.93. The average Bonchev–Trinajstić information content (AvgIpc) is 3.35. The fourth-order valence-electron chi connectivity index (χ4n) is 3.10. The van der Waals surface area contributed by atoms with Crippen molar-refractivity contribution in [2.75, 3.05) is 0 Å². The van der Waals surface area contributed by atoms with E-state index in [1.54, 1.807) is 12.4 Å². The normalized spacial score (nSPS) is 11.1. The molecule has 3 heterocycles. The lowest BCUT2D eigenvalue weighted by atomic mass is 10.1. The summed E-state index contributed by atoms with van der Waals surface area (Å²) in [4.78, 5) is 12.1. The second-order valence-corrected chi connectivity index (χ2v) is 6.29. The number of hydrogen-bond acceptors (Lipinski definition) is 5. The maximum absolute atomic E-state index is 5.89. The predicted molar refractivity (Wildman–Crippen MR) is 103 cm³/mol. The van der Waals surface area contributed by atoms with Crippen molar-refractivity contribution in [3.63, 3.8) is 0 Å². The first-order valence-corrected chi connectivity index (χ1v) is 8.57. The van der Waals surface area contributed by atoms with Crippen LogP contribution in [0.5, 0.6) is 0 Å². The number of aromatic amines is 1. The zero-order valence-electron chi connectivity index (χ0n) is 14.5. The van der Waals surface area contributed by atoms with Crippen molar-refractivity contribution < 1.29 is 4.42 Å². The minimum Gasteiger partial charge on any atom is -0.416 e. The van der Waals surface area contributed by atoms with E-state index < -0.39 is 0 Å². The highest BCUT2D eigenvalue weighted by molar-refractivity contribution is 5.96. The Hall–Kier alpha value is -3.80. The largest absolute Gasteiger partial charge is 0.416 e. The molecule has 0 spiro atoms. The second-order valence-electron chi connectivity index (χ2n) is 6.29. The summed E-state index contributed by atoms with van der Waals surface area (Å²) in [5, 5.41) is 9.43. The molecule has 0 aliphatic rings. The minimum absolute atomic E-state index is 0.484. The minimum atomic E-state index is 0.484. The van der Waals surface area contributed by atoms with Crippen LogP contribution in [0, 0.1) is 6.92 Å². The van der Waals surface area contributed by atoms with Gasteiger partial charge in [0, 0.05) is 40.0 Å². The molecule has 0 bridgehead atoms. The van der Waals surface area contributed by atoms with Crippen molar-refractivity contribution in [2.45, 2.75) is 6.92 Å². The fraction of sp³-hybridized carbons (Fsp3) is 0.0476. The third kappa shape index (κ3) is 2.77. The van der Waals surface area contributed by atoms with Gasteiger partial charge in [-0.2, -0.15) is 0 Å². The lowest BCUT2D eigenvalue weighted by Gasteiger charge is -2.01. The molecule has 27 heavy (non-hydrogen) atoms. The molecule has 0 unspecified atom stereocenters. The highest BCUT2D eigenvalue weighted by atomic mass is 16.4. The Labute approximate surface area is 154 Å². The summed E-state index contributed by atoms with van der Waals surface area (Å²) in [5.74, 6) is 0.989. The quantitative estimate of drug-likeness (QED) is 0.510. The zero-order chi connectivity index (χ0) is 18.2. The van der Waals surface area contributed by atoms with E-state index in [1.165, 1.54) is 0 Å². The van der Waals surface area contributed by atoms with E-state index >= 15 is 0 Å². The number of rotatable bonds is 3. The van der Waals surface area contributed by atoms with Crippen molar-refractivity contribution in [3.05, 3.63) is 72.8 Å². The van der Waals surface area contributed by atoms with Crippen LogP contribution in [-0.4, -0.2) is 25.1 Å². The van der Waals surface area contributed by atoms with Gasteiger partial charge in [-0.05, 0) is 37.3 Å². The van der Waals surface area contributed by atoms with E-state index in [-0.39, 0.29) is 0 Å². The molecule has 6 nitrogen and oxygen atoms in total. The summed E-state index contributed by atoms with van der Waals surface area (Å²) in [6, 6.07) is 15.7. The standard InChI is InChI=1S/C21H15N5O/c1-13-10-22-12-19(24-13)17-11-23-18-8-7-15(9-16(17)18)21-26-25-20(27-21)14-5-3-2-4-6-14/h2-12,23H,1H3. The van der Waals surface area contributed by atoms with E-state index in [0.29, 0.717) is 11.8 Å². The van der Waals surface area contributed by atoms with E-state index in [1.807, 2.05) is 61.7 Å². The Kier molecular flexibility index (Phi) is 3.53. The van der Waals surface area contributed by atoms with Crippen LogP contribution in [0.15, 0.2) is 71.5 Å². The van der Waals surface area contributed by atoms with Crippen molar-refractivity contribution in [1.29, 1.82) is 0 Å². The molecule has 2 aromatic carbocycles. The van der Waals surface area contributed by atoms with Crippen molar-refractivity contribution >= 4 is 10.9 Å². The summed E-state index contributed by atoms with van der Waals surface area (Å²) < 4.78 is 5.89. The van der Waals surface area contributed by atoms with E-state index in [0.717, 1.165) is 39.0 Å². The number of H-pyrrole nitrogens is 1. The van der Waals surface area contributed by atoms with Gasteiger partial charge in [0.1, 0.15) is 0 Å². The fourth-order valence-corrected chi connectivity index (χ4v) is 3.10. The average molecular weight is 353 g/mol. The number of aromatic nitrogens is 5. The highest BCUT2D eigenvalue weighted by Crippen LogP contribution is 2.31. The molecule has 0 saturated carbocycles. The van der Waals surface area contributed by atoms with Crippen molar-refractivity contribution in [2.24, 2.45) is 0 Å². The van der Waals surface area contributed by atoms with Crippen LogP contribution in [0.4, 0.5) is 0 Å². The van der Waals surface area contributed by atoms with Crippen LogP contribution >= 0.6 is 0 Å². The van der Waals surface area contributed by atoms with Gasteiger partial charge in [0.25, 0.3) is 0 Å². The van der Waals surface area contributed by atoms with Crippen LogP contribution in [-0.2, 0) is 0 Å². The first-order chi connectivity index (χ1) is 13.3. The van der Waals surface area contributed by atoms with Gasteiger partial charge < -0.3 is 9.40 Å². The summed E-state index contributed by atoms with van der Waals surface area (Å²) in [7, 11) is 0. The first-order valence-electron chi connectivity index (χ1n) is 8.57. The number of nitrogens with one attached hydrogen (secondary N) is 1. The molecule has 0 radical (unpaired) electrons. The van der Waals surface area contributed by atoms with E-state index in [2.05, 4.69) is 25.1 Å². The number of hydrogen-bond donors (Lipinski definition) is 1. The molecule has 0 aliphatic heterocycles. The monoisotopic (exact) mass is 353 g/mol. The first kappa shape index (κ1) is 15.5. The topological polar surface area (TPSA) is 80.5 Å². The molecule has 0 fully saturated rings. The Morgan fingerprint density at radius 3 is 2.52 bits per heavy atom. The number of fused-ring (bicyclic) bond motifs is 1. The van der Waals surface area contributed by atoms with Gasteiger partial charge in [0.05, 0.1) is 17.6 Å². The Bertz CT molecular complexity index is 1240. The molecule has 1 N–H and O–H groups in total. The predicted octanol–water partition coefficient (Wildman–Crippen LogP) is 4.65. The highest BCUT2D eigenvalue weighted by Gasteiger charge is 2.13. The Balaban J connectivity index is 1.59. The molecule has 3 aromatic heterocycles. The van der Waals surface area contributed by atoms with E-state index in [4.69, 9.17) is 4.42 Å². The van der Waals surface area contributed by atoms with Crippen LogP contribution in [0.2, 0.25) is 0 Å². The van der Waals surface area contributed by atoms with Gasteiger partial charge in [-0.1, -0.05) is 18.2 Å². The lowest BCUT2D eigenvalue weighted by molar-refractivity contribution is 0.584. The van der Waals surface area contributed by atoms with Crippen LogP contribution in [0.25, 0.3) is 45.1 Å². The smallest absolute Gasteiger partial charge is 0.248 e. The maximum atomic E-state index is 5.89. The SMILES string of the molecule is Cc1cncc(-c2c[nH]c3ccc(-c4nnc(-c5ccccc5)o4)cc23)n1. The van der Waals surface area contributed by atoms with E-state index in [9.17, 15) is 0 Å². The summed E-state index contributed by atoms with van der Waals surface area (Å²) in [5.41, 5.74) is 5.47. The molecule has 0 aliphatic carbocycles. The molecule has 5 aromatic rings. The number of nitrogens with zero attached hydrogens (tertiary/aromatic N) is 4. The number of benzene rings is 2. The van der Waals surface area contributed by atoms with Gasteiger partial charge in [-0.3, -0.25) is 4.98 Å². The number of aryl methyl sites for hydroxylation is 1. The molecular formula is C21H15N5O. The molecular weight excluding hydrogens is 338 g/mol.